The fraction of sp³-hybridized carbons (Fsp3) is 0.900. The van der Waals surface area contributed by atoms with E-state index in [1.54, 1.807) is 0 Å². The molecule has 0 bridgehead atoms. The van der Waals surface area contributed by atoms with E-state index in [1.807, 2.05) is 6.92 Å². The van der Waals surface area contributed by atoms with Crippen molar-refractivity contribution in [3.8, 4) is 0 Å². The zero-order valence-electron chi connectivity index (χ0n) is 8.78. The first kappa shape index (κ1) is 11.3. The summed E-state index contributed by atoms with van der Waals surface area (Å²) in [5, 5.41) is 11.4. The van der Waals surface area contributed by atoms with Crippen molar-refractivity contribution in [2.45, 2.75) is 45.1 Å². The Kier molecular flexibility index (Phi) is 4.73. The normalized spacial score (nSPS) is 22.2. The molecule has 1 unspecified atom stereocenters. The summed E-state index contributed by atoms with van der Waals surface area (Å²) in [5.74, 6) is 0.253. The summed E-state index contributed by atoms with van der Waals surface area (Å²) >= 11 is 0. The molecule has 0 aromatic rings. The van der Waals surface area contributed by atoms with Crippen molar-refractivity contribution in [1.29, 1.82) is 0 Å². The van der Waals surface area contributed by atoms with Gasteiger partial charge in [0.05, 0.1) is 12.7 Å². The fourth-order valence-corrected chi connectivity index (χ4v) is 1.70. The van der Waals surface area contributed by atoms with Crippen LogP contribution in [0.25, 0.3) is 0 Å². The highest BCUT2D eigenvalue weighted by Crippen LogP contribution is 2.20. The standard InChI is InChI=1S/C10H20N2O2/c1-8(10(11)12-13)7-14-9-5-3-2-4-6-9/h8-9,13H,2-7H2,1H3,(H2,11,12). The molecule has 82 valence electrons. The van der Waals surface area contributed by atoms with E-state index in [4.69, 9.17) is 15.7 Å². The Balaban J connectivity index is 2.18. The van der Waals surface area contributed by atoms with Crippen molar-refractivity contribution in [3.05, 3.63) is 0 Å². The summed E-state index contributed by atoms with van der Waals surface area (Å²) < 4.78 is 5.70. The molecule has 4 nitrogen and oxygen atoms in total. The summed E-state index contributed by atoms with van der Waals surface area (Å²) in [7, 11) is 0. The van der Waals surface area contributed by atoms with Gasteiger partial charge in [0.15, 0.2) is 0 Å². The zero-order valence-corrected chi connectivity index (χ0v) is 8.78. The van der Waals surface area contributed by atoms with Gasteiger partial charge in [-0.15, -0.1) is 0 Å². The van der Waals surface area contributed by atoms with E-state index < -0.39 is 0 Å². The second-order valence-corrected chi connectivity index (χ2v) is 4.02. The molecule has 1 atom stereocenters. The molecule has 1 rings (SSSR count). The molecule has 1 fully saturated rings. The molecule has 0 aromatic heterocycles. The van der Waals surface area contributed by atoms with Crippen molar-refractivity contribution in [2.24, 2.45) is 16.8 Å². The molecule has 1 saturated carbocycles. The summed E-state index contributed by atoms with van der Waals surface area (Å²) in [6, 6.07) is 0. The van der Waals surface area contributed by atoms with Gasteiger partial charge in [-0.1, -0.05) is 31.3 Å². The minimum absolute atomic E-state index is 0.00178. The lowest BCUT2D eigenvalue weighted by Crippen LogP contribution is -2.28. The number of nitrogens with two attached hydrogens (primary N) is 1. The average molecular weight is 200 g/mol. The van der Waals surface area contributed by atoms with Crippen LogP contribution in [-0.4, -0.2) is 23.8 Å². The number of oxime groups is 1. The van der Waals surface area contributed by atoms with Gasteiger partial charge in [0.2, 0.25) is 0 Å². The molecular formula is C10H20N2O2. The third kappa shape index (κ3) is 3.54. The van der Waals surface area contributed by atoms with E-state index >= 15 is 0 Å². The van der Waals surface area contributed by atoms with Crippen LogP contribution in [0.5, 0.6) is 0 Å². The van der Waals surface area contributed by atoms with Crippen LogP contribution in [-0.2, 0) is 4.74 Å². The van der Waals surface area contributed by atoms with Gasteiger partial charge in [-0.25, -0.2) is 0 Å². The van der Waals surface area contributed by atoms with Gasteiger partial charge in [-0.05, 0) is 12.8 Å². The topological polar surface area (TPSA) is 67.8 Å². The minimum atomic E-state index is 0.00178. The summed E-state index contributed by atoms with van der Waals surface area (Å²) in [4.78, 5) is 0. The van der Waals surface area contributed by atoms with Crippen molar-refractivity contribution in [2.75, 3.05) is 6.61 Å². The molecule has 0 amide bonds. The van der Waals surface area contributed by atoms with Crippen LogP contribution in [0, 0.1) is 5.92 Å². The van der Waals surface area contributed by atoms with E-state index in [0.29, 0.717) is 12.7 Å². The van der Waals surface area contributed by atoms with Crippen LogP contribution in [0.15, 0.2) is 5.16 Å². The van der Waals surface area contributed by atoms with Crippen LogP contribution in [0.1, 0.15) is 39.0 Å². The molecule has 0 heterocycles. The maximum absolute atomic E-state index is 8.45. The molecule has 14 heavy (non-hydrogen) atoms. The van der Waals surface area contributed by atoms with Crippen LogP contribution in [0.4, 0.5) is 0 Å². The highest BCUT2D eigenvalue weighted by atomic mass is 16.5. The van der Waals surface area contributed by atoms with Crippen LogP contribution in [0.3, 0.4) is 0 Å². The number of hydrogen-bond donors (Lipinski definition) is 2. The van der Waals surface area contributed by atoms with Gasteiger partial charge in [0, 0.05) is 5.92 Å². The van der Waals surface area contributed by atoms with Gasteiger partial charge in [0.1, 0.15) is 5.84 Å². The third-order valence-corrected chi connectivity index (χ3v) is 2.75. The number of rotatable bonds is 4. The first-order valence-electron chi connectivity index (χ1n) is 5.33. The molecular weight excluding hydrogens is 180 g/mol. The molecule has 0 aliphatic heterocycles. The fourth-order valence-electron chi connectivity index (χ4n) is 1.70. The second kappa shape index (κ2) is 5.86. The van der Waals surface area contributed by atoms with E-state index in [-0.39, 0.29) is 11.8 Å². The van der Waals surface area contributed by atoms with E-state index in [9.17, 15) is 0 Å². The molecule has 0 saturated heterocycles. The Bertz CT molecular complexity index is 189. The largest absolute Gasteiger partial charge is 0.409 e. The smallest absolute Gasteiger partial charge is 0.144 e. The van der Waals surface area contributed by atoms with Crippen LogP contribution in [0.2, 0.25) is 0 Å². The minimum Gasteiger partial charge on any atom is -0.409 e. The van der Waals surface area contributed by atoms with Crippen molar-refractivity contribution >= 4 is 5.84 Å². The van der Waals surface area contributed by atoms with E-state index in [0.717, 1.165) is 12.8 Å². The predicted octanol–water partition coefficient (Wildman–Crippen LogP) is 1.72. The highest BCUT2D eigenvalue weighted by molar-refractivity contribution is 5.81. The number of amidine groups is 1. The lowest BCUT2D eigenvalue weighted by Gasteiger charge is -2.23. The number of ether oxygens (including phenoxy) is 1. The van der Waals surface area contributed by atoms with Crippen molar-refractivity contribution in [1.82, 2.24) is 0 Å². The first-order valence-corrected chi connectivity index (χ1v) is 5.33. The number of hydrogen-bond acceptors (Lipinski definition) is 3. The van der Waals surface area contributed by atoms with Crippen molar-refractivity contribution < 1.29 is 9.94 Å². The Hall–Kier alpha value is -0.770. The third-order valence-electron chi connectivity index (χ3n) is 2.75. The summed E-state index contributed by atoms with van der Waals surface area (Å²) in [5.41, 5.74) is 5.45. The Morgan fingerprint density at radius 2 is 2.14 bits per heavy atom. The van der Waals surface area contributed by atoms with Gasteiger partial charge < -0.3 is 15.7 Å². The SMILES string of the molecule is CC(COC1CCCCC1)/C(N)=N/O. The lowest BCUT2D eigenvalue weighted by molar-refractivity contribution is 0.0199. The predicted molar refractivity (Wildman–Crippen MR) is 55.4 cm³/mol. The Morgan fingerprint density at radius 1 is 1.50 bits per heavy atom. The maximum atomic E-state index is 8.45. The van der Waals surface area contributed by atoms with E-state index in [2.05, 4.69) is 5.16 Å². The molecule has 4 heteroatoms. The zero-order chi connectivity index (χ0) is 10.4. The van der Waals surface area contributed by atoms with Gasteiger partial charge in [-0.2, -0.15) is 0 Å². The summed E-state index contributed by atoms with van der Waals surface area (Å²) in [6.45, 7) is 2.46. The Morgan fingerprint density at radius 3 is 2.71 bits per heavy atom. The molecule has 3 N–H and O–H groups in total. The van der Waals surface area contributed by atoms with Crippen LogP contribution >= 0.6 is 0 Å². The van der Waals surface area contributed by atoms with E-state index in [1.165, 1.54) is 19.3 Å². The first-order chi connectivity index (χ1) is 6.74. The van der Waals surface area contributed by atoms with Crippen molar-refractivity contribution in [3.63, 3.8) is 0 Å². The monoisotopic (exact) mass is 200 g/mol. The van der Waals surface area contributed by atoms with Gasteiger partial charge in [0.25, 0.3) is 0 Å². The molecule has 0 radical (unpaired) electrons. The quantitative estimate of drug-likeness (QED) is 0.314. The molecule has 1 aliphatic carbocycles. The Labute approximate surface area is 85.1 Å². The maximum Gasteiger partial charge on any atom is 0.144 e. The summed E-state index contributed by atoms with van der Waals surface area (Å²) in [6.07, 6.45) is 6.56. The molecule has 0 spiro atoms. The van der Waals surface area contributed by atoms with Gasteiger partial charge >= 0.3 is 0 Å². The molecule has 1 aliphatic rings. The highest BCUT2D eigenvalue weighted by Gasteiger charge is 2.16. The van der Waals surface area contributed by atoms with Gasteiger partial charge in [-0.3, -0.25) is 0 Å². The second-order valence-electron chi connectivity index (χ2n) is 4.02. The lowest BCUT2D eigenvalue weighted by atomic mass is 9.98. The average Bonchev–Trinajstić information content (AvgIpc) is 2.26. The number of nitrogens with zero attached hydrogens (tertiary/aromatic N) is 1. The molecule has 0 aromatic carbocycles. The van der Waals surface area contributed by atoms with Crippen LogP contribution < -0.4 is 5.73 Å².